The molecular weight excluding hydrogens is 472 g/mol. The van der Waals surface area contributed by atoms with Crippen molar-refractivity contribution in [3.05, 3.63) is 102 Å². The van der Waals surface area contributed by atoms with E-state index in [-0.39, 0.29) is 19.1 Å². The number of carbonyl (C=O) groups excluding carboxylic acids is 1. The third-order valence-corrected chi connectivity index (χ3v) is 6.59. The van der Waals surface area contributed by atoms with Gasteiger partial charge in [0.2, 0.25) is 10.0 Å². The van der Waals surface area contributed by atoms with Gasteiger partial charge in [-0.3, -0.25) is 9.10 Å². The Hall–Kier alpha value is -3.55. The molecule has 8 heteroatoms. The summed E-state index contributed by atoms with van der Waals surface area (Å²) < 4.78 is 31.7. The van der Waals surface area contributed by atoms with Crippen molar-refractivity contribution < 1.29 is 17.9 Å². The van der Waals surface area contributed by atoms with Crippen molar-refractivity contribution in [1.29, 1.82) is 0 Å². The third-order valence-electron chi connectivity index (χ3n) is 5.20. The number of rotatable bonds is 8. The average Bonchev–Trinajstić information content (AvgIpc) is 2.82. The van der Waals surface area contributed by atoms with Crippen LogP contribution in [0.2, 0.25) is 5.02 Å². The highest BCUT2D eigenvalue weighted by Gasteiger charge is 2.18. The number of anilines is 2. The Labute approximate surface area is 203 Å². The molecule has 1 amide bonds. The second kappa shape index (κ2) is 10.2. The molecule has 0 saturated carbocycles. The van der Waals surface area contributed by atoms with E-state index in [2.05, 4.69) is 5.32 Å². The smallest absolute Gasteiger partial charge is 0.262 e. The van der Waals surface area contributed by atoms with Gasteiger partial charge in [-0.2, -0.15) is 0 Å². The predicted octanol–water partition coefficient (Wildman–Crippen LogP) is 5.48. The van der Waals surface area contributed by atoms with E-state index in [0.717, 1.165) is 22.6 Å². The van der Waals surface area contributed by atoms with Gasteiger partial charge in [-0.1, -0.05) is 60.1 Å². The van der Waals surface area contributed by atoms with Crippen LogP contribution in [0.1, 0.15) is 5.56 Å². The van der Waals surface area contributed by atoms with Gasteiger partial charge in [0.15, 0.2) is 6.61 Å². The zero-order valence-corrected chi connectivity index (χ0v) is 20.0. The minimum Gasteiger partial charge on any atom is -0.484 e. The van der Waals surface area contributed by atoms with Gasteiger partial charge in [0.25, 0.3) is 5.91 Å². The van der Waals surface area contributed by atoms with Crippen molar-refractivity contribution in [2.75, 3.05) is 22.5 Å². The van der Waals surface area contributed by atoms with Crippen molar-refractivity contribution in [2.45, 2.75) is 6.54 Å². The molecule has 0 atom stereocenters. The quantitative estimate of drug-likeness (QED) is 0.352. The molecule has 0 unspecified atom stereocenters. The second-order valence-electron chi connectivity index (χ2n) is 7.75. The van der Waals surface area contributed by atoms with E-state index in [1.165, 1.54) is 4.31 Å². The number of fused-ring (bicyclic) bond motifs is 1. The lowest BCUT2D eigenvalue weighted by Gasteiger charge is -2.23. The maximum Gasteiger partial charge on any atom is 0.262 e. The topological polar surface area (TPSA) is 75.7 Å². The fourth-order valence-corrected chi connectivity index (χ4v) is 4.55. The average molecular weight is 495 g/mol. The molecular formula is C26H23ClN2O4S. The highest BCUT2D eigenvalue weighted by Crippen LogP contribution is 2.25. The van der Waals surface area contributed by atoms with Crippen LogP contribution in [0.15, 0.2) is 91.0 Å². The van der Waals surface area contributed by atoms with Gasteiger partial charge in [0, 0.05) is 16.1 Å². The summed E-state index contributed by atoms with van der Waals surface area (Å²) in [5, 5.41) is 5.44. The van der Waals surface area contributed by atoms with Gasteiger partial charge in [-0.25, -0.2) is 8.42 Å². The first-order valence-electron chi connectivity index (χ1n) is 10.5. The summed E-state index contributed by atoms with van der Waals surface area (Å²) in [6.45, 7) is -0.00717. The molecule has 174 valence electrons. The summed E-state index contributed by atoms with van der Waals surface area (Å²) >= 11 is 5.92. The van der Waals surface area contributed by atoms with Gasteiger partial charge < -0.3 is 10.1 Å². The van der Waals surface area contributed by atoms with Crippen LogP contribution in [0.4, 0.5) is 11.4 Å². The number of halogens is 1. The Morgan fingerprint density at radius 2 is 1.59 bits per heavy atom. The Balaban J connectivity index is 1.41. The Morgan fingerprint density at radius 1 is 0.912 bits per heavy atom. The fourth-order valence-electron chi connectivity index (χ4n) is 3.53. The fraction of sp³-hybridized carbons (Fsp3) is 0.115. The number of sulfonamides is 1. The normalized spacial score (nSPS) is 11.2. The number of hydrogen-bond acceptors (Lipinski definition) is 4. The van der Waals surface area contributed by atoms with Crippen LogP contribution in [0, 0.1) is 0 Å². The number of amides is 1. The Morgan fingerprint density at radius 3 is 2.29 bits per heavy atom. The summed E-state index contributed by atoms with van der Waals surface area (Å²) in [5.41, 5.74) is 2.01. The number of benzene rings is 4. The van der Waals surface area contributed by atoms with Gasteiger partial charge in [0.05, 0.1) is 18.5 Å². The SMILES string of the molecule is CS(=O)(=O)N(Cc1ccc(Cl)cc1)c1ccc(OCC(=O)Nc2cccc3ccccc23)cc1. The van der Waals surface area contributed by atoms with Gasteiger partial charge in [-0.15, -0.1) is 0 Å². The van der Waals surface area contributed by atoms with E-state index in [1.54, 1.807) is 48.5 Å². The van der Waals surface area contributed by atoms with Gasteiger partial charge in [-0.05, 0) is 53.4 Å². The van der Waals surface area contributed by atoms with Crippen LogP contribution >= 0.6 is 11.6 Å². The van der Waals surface area contributed by atoms with Gasteiger partial charge >= 0.3 is 0 Å². The van der Waals surface area contributed by atoms with E-state index in [0.29, 0.717) is 22.1 Å². The van der Waals surface area contributed by atoms with Gasteiger partial charge in [0.1, 0.15) is 5.75 Å². The molecule has 4 aromatic rings. The summed E-state index contributed by atoms with van der Waals surface area (Å²) in [6, 6.07) is 27.1. The van der Waals surface area contributed by atoms with E-state index in [9.17, 15) is 13.2 Å². The lowest BCUT2D eigenvalue weighted by atomic mass is 10.1. The Bertz CT molecular complexity index is 1400. The van der Waals surface area contributed by atoms with E-state index in [1.807, 2.05) is 42.5 Å². The highest BCUT2D eigenvalue weighted by atomic mass is 35.5. The van der Waals surface area contributed by atoms with E-state index in [4.69, 9.17) is 16.3 Å². The molecule has 0 aliphatic heterocycles. The molecule has 0 spiro atoms. The first kappa shape index (κ1) is 23.6. The van der Waals surface area contributed by atoms with Crippen LogP contribution in [0.25, 0.3) is 10.8 Å². The number of ether oxygens (including phenoxy) is 1. The molecule has 34 heavy (non-hydrogen) atoms. The minimum atomic E-state index is -3.52. The van der Waals surface area contributed by atoms with Crippen molar-refractivity contribution >= 4 is 49.7 Å². The minimum absolute atomic E-state index is 0.170. The summed E-state index contributed by atoms with van der Waals surface area (Å²) in [7, 11) is -3.52. The molecule has 0 aromatic heterocycles. The lowest BCUT2D eigenvalue weighted by Crippen LogP contribution is -2.29. The first-order chi connectivity index (χ1) is 16.3. The molecule has 0 aliphatic carbocycles. The van der Waals surface area contributed by atoms with E-state index < -0.39 is 10.0 Å². The predicted molar refractivity (Wildman–Crippen MR) is 137 cm³/mol. The molecule has 0 heterocycles. The molecule has 4 rings (SSSR count). The Kier molecular flexibility index (Phi) is 7.05. The second-order valence-corrected chi connectivity index (χ2v) is 10.1. The van der Waals surface area contributed by atoms with Crippen LogP contribution in [-0.2, 0) is 21.4 Å². The number of nitrogens with zero attached hydrogens (tertiary/aromatic N) is 1. The molecule has 4 aromatic carbocycles. The standard InChI is InChI=1S/C26H23ClN2O4S/c1-34(31,32)29(17-19-9-11-21(27)12-10-19)22-13-15-23(16-14-22)33-18-26(30)28-25-8-4-6-20-5-2-3-7-24(20)25/h2-16H,17-18H2,1H3,(H,28,30). The largest absolute Gasteiger partial charge is 0.484 e. The monoisotopic (exact) mass is 494 g/mol. The van der Waals surface area contributed by atoms with E-state index >= 15 is 0 Å². The van der Waals surface area contributed by atoms with Crippen LogP contribution in [-0.4, -0.2) is 27.2 Å². The molecule has 0 saturated heterocycles. The van der Waals surface area contributed by atoms with Crippen LogP contribution in [0.5, 0.6) is 5.75 Å². The van der Waals surface area contributed by atoms with Crippen molar-refractivity contribution in [3.63, 3.8) is 0 Å². The maximum absolute atomic E-state index is 12.4. The van der Waals surface area contributed by atoms with Crippen LogP contribution in [0.3, 0.4) is 0 Å². The summed E-state index contributed by atoms with van der Waals surface area (Å²) in [6.07, 6.45) is 1.16. The molecule has 6 nitrogen and oxygen atoms in total. The third kappa shape index (κ3) is 5.87. The molecule has 0 bridgehead atoms. The number of nitrogens with one attached hydrogen (secondary N) is 1. The zero-order valence-electron chi connectivity index (χ0n) is 18.4. The highest BCUT2D eigenvalue weighted by molar-refractivity contribution is 7.92. The maximum atomic E-state index is 12.4. The first-order valence-corrected chi connectivity index (χ1v) is 12.7. The number of carbonyl (C=O) groups is 1. The van der Waals surface area contributed by atoms with Crippen molar-refractivity contribution in [1.82, 2.24) is 0 Å². The summed E-state index contributed by atoms with van der Waals surface area (Å²) in [4.78, 5) is 12.4. The molecule has 0 aliphatic rings. The number of hydrogen-bond donors (Lipinski definition) is 1. The lowest BCUT2D eigenvalue weighted by molar-refractivity contribution is -0.118. The zero-order chi connectivity index (χ0) is 24.1. The molecule has 0 radical (unpaired) electrons. The molecule has 1 N–H and O–H groups in total. The van der Waals surface area contributed by atoms with Crippen LogP contribution < -0.4 is 14.4 Å². The summed E-state index contributed by atoms with van der Waals surface area (Å²) in [5.74, 6) is 0.165. The molecule has 0 fully saturated rings. The van der Waals surface area contributed by atoms with Crippen molar-refractivity contribution in [2.24, 2.45) is 0 Å². The van der Waals surface area contributed by atoms with Crippen molar-refractivity contribution in [3.8, 4) is 5.75 Å².